The number of pyridine rings is 1. The molecule has 0 aliphatic carbocycles. The lowest BCUT2D eigenvalue weighted by molar-refractivity contribution is 0.971. The first kappa shape index (κ1) is 9.58. The minimum atomic E-state index is 0.312. The van der Waals surface area contributed by atoms with Crippen molar-refractivity contribution in [1.82, 2.24) is 15.0 Å². The Morgan fingerprint density at radius 1 is 1.27 bits per heavy atom. The second kappa shape index (κ2) is 4.04. The zero-order valence-corrected chi connectivity index (χ0v) is 8.51. The molecule has 0 unspecified atom stereocenters. The number of nitrogen functional groups attached to an aromatic ring is 1. The van der Waals surface area contributed by atoms with Crippen LogP contribution in [0.4, 0.5) is 5.95 Å². The van der Waals surface area contributed by atoms with Crippen LogP contribution in [-0.2, 0) is 6.42 Å². The summed E-state index contributed by atoms with van der Waals surface area (Å²) in [6.45, 7) is 1.97. The summed E-state index contributed by atoms with van der Waals surface area (Å²) >= 11 is 0. The molecule has 0 aliphatic heterocycles. The Hall–Kier alpha value is -1.97. The van der Waals surface area contributed by atoms with Gasteiger partial charge in [-0.1, -0.05) is 6.07 Å². The average molecular weight is 200 g/mol. The van der Waals surface area contributed by atoms with Gasteiger partial charge in [-0.15, -0.1) is 0 Å². The van der Waals surface area contributed by atoms with Crippen molar-refractivity contribution >= 4 is 5.95 Å². The molecule has 2 N–H and O–H groups in total. The van der Waals surface area contributed by atoms with E-state index < -0.39 is 0 Å². The molecule has 0 atom stereocenters. The summed E-state index contributed by atoms with van der Waals surface area (Å²) in [6, 6.07) is 5.82. The summed E-state index contributed by atoms with van der Waals surface area (Å²) in [5, 5.41) is 0. The number of nitrogens with zero attached hydrogens (tertiary/aromatic N) is 3. The van der Waals surface area contributed by atoms with Gasteiger partial charge in [0.1, 0.15) is 0 Å². The Labute approximate surface area is 88.2 Å². The molecule has 15 heavy (non-hydrogen) atoms. The van der Waals surface area contributed by atoms with E-state index in [9.17, 15) is 0 Å². The molecule has 0 saturated heterocycles. The fraction of sp³-hybridized carbons (Fsp3) is 0.182. The van der Waals surface area contributed by atoms with Gasteiger partial charge in [-0.25, -0.2) is 9.97 Å². The van der Waals surface area contributed by atoms with E-state index >= 15 is 0 Å². The van der Waals surface area contributed by atoms with Crippen molar-refractivity contribution in [2.75, 3.05) is 5.73 Å². The number of hydrogen-bond acceptors (Lipinski definition) is 4. The highest BCUT2D eigenvalue weighted by molar-refractivity contribution is 5.27. The van der Waals surface area contributed by atoms with Crippen LogP contribution in [0.5, 0.6) is 0 Å². The molecule has 0 amide bonds. The van der Waals surface area contributed by atoms with Crippen LogP contribution in [0.3, 0.4) is 0 Å². The second-order valence-electron chi connectivity index (χ2n) is 3.36. The van der Waals surface area contributed by atoms with Gasteiger partial charge in [0.05, 0.1) is 5.69 Å². The highest BCUT2D eigenvalue weighted by Crippen LogP contribution is 2.09. The molecule has 0 aromatic carbocycles. The van der Waals surface area contributed by atoms with Crippen molar-refractivity contribution in [2.24, 2.45) is 0 Å². The SMILES string of the molecule is Cc1cnc(N)nc1Cc1ccccn1. The van der Waals surface area contributed by atoms with Gasteiger partial charge in [0.15, 0.2) is 0 Å². The monoisotopic (exact) mass is 200 g/mol. The lowest BCUT2D eigenvalue weighted by Crippen LogP contribution is -2.03. The molecule has 2 aromatic rings. The smallest absolute Gasteiger partial charge is 0.220 e. The van der Waals surface area contributed by atoms with E-state index in [-0.39, 0.29) is 0 Å². The molecule has 0 radical (unpaired) electrons. The van der Waals surface area contributed by atoms with E-state index in [4.69, 9.17) is 5.73 Å². The molecule has 2 aromatic heterocycles. The van der Waals surface area contributed by atoms with Crippen LogP contribution < -0.4 is 5.73 Å². The van der Waals surface area contributed by atoms with Crippen molar-refractivity contribution in [1.29, 1.82) is 0 Å². The van der Waals surface area contributed by atoms with Crippen molar-refractivity contribution < 1.29 is 0 Å². The standard InChI is InChI=1S/C11H12N4/c1-8-7-14-11(12)15-10(8)6-9-4-2-3-5-13-9/h2-5,7H,6H2,1H3,(H2,12,14,15). The van der Waals surface area contributed by atoms with Gasteiger partial charge in [-0.2, -0.15) is 0 Å². The molecule has 4 nitrogen and oxygen atoms in total. The Morgan fingerprint density at radius 2 is 2.13 bits per heavy atom. The molecule has 2 rings (SSSR count). The summed E-state index contributed by atoms with van der Waals surface area (Å²) in [5.74, 6) is 0.312. The molecule has 76 valence electrons. The van der Waals surface area contributed by atoms with E-state index in [1.165, 1.54) is 0 Å². The topological polar surface area (TPSA) is 64.7 Å². The van der Waals surface area contributed by atoms with Crippen molar-refractivity contribution in [2.45, 2.75) is 13.3 Å². The maximum Gasteiger partial charge on any atom is 0.220 e. The highest BCUT2D eigenvalue weighted by atomic mass is 15.0. The number of aromatic nitrogens is 3. The molecule has 0 saturated carbocycles. The molecule has 0 fully saturated rings. The van der Waals surface area contributed by atoms with Gasteiger partial charge in [0, 0.05) is 24.5 Å². The molecular weight excluding hydrogens is 188 g/mol. The Bertz CT molecular complexity index is 453. The van der Waals surface area contributed by atoms with Gasteiger partial charge >= 0.3 is 0 Å². The minimum absolute atomic E-state index is 0.312. The highest BCUT2D eigenvalue weighted by Gasteiger charge is 2.03. The third kappa shape index (κ3) is 2.28. The first-order valence-electron chi connectivity index (χ1n) is 4.73. The summed E-state index contributed by atoms with van der Waals surface area (Å²) in [4.78, 5) is 12.4. The summed E-state index contributed by atoms with van der Waals surface area (Å²) in [7, 11) is 0. The third-order valence-corrected chi connectivity index (χ3v) is 2.17. The minimum Gasteiger partial charge on any atom is -0.368 e. The molecule has 4 heteroatoms. The lowest BCUT2D eigenvalue weighted by atomic mass is 10.1. The zero-order chi connectivity index (χ0) is 10.7. The van der Waals surface area contributed by atoms with Gasteiger partial charge in [-0.05, 0) is 24.6 Å². The quantitative estimate of drug-likeness (QED) is 0.794. The van der Waals surface area contributed by atoms with Gasteiger partial charge in [-0.3, -0.25) is 4.98 Å². The first-order chi connectivity index (χ1) is 7.25. The van der Waals surface area contributed by atoms with Crippen LogP contribution in [-0.4, -0.2) is 15.0 Å². The fourth-order valence-electron chi connectivity index (χ4n) is 1.35. The Kier molecular flexibility index (Phi) is 2.58. The van der Waals surface area contributed by atoms with Crippen molar-refractivity contribution in [3.8, 4) is 0 Å². The van der Waals surface area contributed by atoms with E-state index in [1.807, 2.05) is 25.1 Å². The lowest BCUT2D eigenvalue weighted by Gasteiger charge is -2.04. The van der Waals surface area contributed by atoms with Crippen molar-refractivity contribution in [3.05, 3.63) is 47.5 Å². The van der Waals surface area contributed by atoms with E-state index in [0.29, 0.717) is 12.4 Å². The predicted molar refractivity (Wildman–Crippen MR) is 58.2 cm³/mol. The predicted octanol–water partition coefficient (Wildman–Crippen LogP) is 1.35. The Balaban J connectivity index is 2.28. The Morgan fingerprint density at radius 3 is 2.87 bits per heavy atom. The summed E-state index contributed by atoms with van der Waals surface area (Å²) in [5.41, 5.74) is 8.49. The molecule has 2 heterocycles. The van der Waals surface area contributed by atoms with E-state index in [1.54, 1.807) is 12.4 Å². The van der Waals surface area contributed by atoms with Crippen LogP contribution in [0.1, 0.15) is 17.0 Å². The second-order valence-corrected chi connectivity index (χ2v) is 3.36. The van der Waals surface area contributed by atoms with Crippen LogP contribution in [0.2, 0.25) is 0 Å². The van der Waals surface area contributed by atoms with Gasteiger partial charge in [0.25, 0.3) is 0 Å². The van der Waals surface area contributed by atoms with Gasteiger partial charge < -0.3 is 5.73 Å². The third-order valence-electron chi connectivity index (χ3n) is 2.17. The zero-order valence-electron chi connectivity index (χ0n) is 8.51. The normalized spacial score (nSPS) is 10.2. The maximum atomic E-state index is 5.54. The van der Waals surface area contributed by atoms with Crippen LogP contribution >= 0.6 is 0 Å². The van der Waals surface area contributed by atoms with E-state index in [0.717, 1.165) is 17.0 Å². The van der Waals surface area contributed by atoms with Gasteiger partial charge in [0.2, 0.25) is 5.95 Å². The molecule has 0 spiro atoms. The van der Waals surface area contributed by atoms with Crippen LogP contribution in [0, 0.1) is 6.92 Å². The molecule has 0 bridgehead atoms. The number of rotatable bonds is 2. The molecular formula is C11H12N4. The fourth-order valence-corrected chi connectivity index (χ4v) is 1.35. The summed E-state index contributed by atoms with van der Waals surface area (Å²) < 4.78 is 0. The maximum absolute atomic E-state index is 5.54. The number of nitrogens with two attached hydrogens (primary N) is 1. The number of anilines is 1. The average Bonchev–Trinajstić information content (AvgIpc) is 2.25. The van der Waals surface area contributed by atoms with Crippen LogP contribution in [0.15, 0.2) is 30.6 Å². The number of aryl methyl sites for hydroxylation is 1. The number of hydrogen-bond donors (Lipinski definition) is 1. The molecule has 0 aliphatic rings. The van der Waals surface area contributed by atoms with Crippen molar-refractivity contribution in [3.63, 3.8) is 0 Å². The summed E-state index contributed by atoms with van der Waals surface area (Å²) in [6.07, 6.45) is 4.20. The first-order valence-corrected chi connectivity index (χ1v) is 4.73. The van der Waals surface area contributed by atoms with Crippen LogP contribution in [0.25, 0.3) is 0 Å². The van der Waals surface area contributed by atoms with E-state index in [2.05, 4.69) is 15.0 Å². The largest absolute Gasteiger partial charge is 0.368 e.